The van der Waals surface area contributed by atoms with Gasteiger partial charge >= 0.3 is 12.1 Å². The van der Waals surface area contributed by atoms with E-state index in [1.807, 2.05) is 0 Å². The molecule has 0 fully saturated rings. The van der Waals surface area contributed by atoms with Crippen molar-refractivity contribution in [3.8, 4) is 0 Å². The summed E-state index contributed by atoms with van der Waals surface area (Å²) in [5.41, 5.74) is -4.45. The van der Waals surface area contributed by atoms with Crippen LogP contribution in [0.25, 0.3) is 0 Å². The first-order valence-electron chi connectivity index (χ1n) is 4.94. The van der Waals surface area contributed by atoms with Gasteiger partial charge in [0.25, 0.3) is 0 Å². The van der Waals surface area contributed by atoms with E-state index in [0.717, 1.165) is 6.07 Å². The highest BCUT2D eigenvalue weighted by Gasteiger charge is 2.59. The molecule has 0 aliphatic carbocycles. The Balaban J connectivity index is 3.23. The minimum Gasteiger partial charge on any atom is -0.463 e. The highest BCUT2D eigenvalue weighted by atomic mass is 32.1. The van der Waals surface area contributed by atoms with E-state index in [2.05, 4.69) is 11.3 Å². The third-order valence-corrected chi connectivity index (χ3v) is 3.23. The number of aliphatic hydroxyl groups is 1. The number of rotatable bonds is 4. The number of halogens is 3. The van der Waals surface area contributed by atoms with E-state index in [4.69, 9.17) is 0 Å². The van der Waals surface area contributed by atoms with Gasteiger partial charge in [0.2, 0.25) is 5.60 Å². The monoisotopic (exact) mass is 280 g/mol. The number of ether oxygens (including phenoxy) is 1. The molecule has 1 unspecified atom stereocenters. The van der Waals surface area contributed by atoms with Crippen molar-refractivity contribution in [2.75, 3.05) is 6.61 Å². The molecule has 3 nitrogen and oxygen atoms in total. The third-order valence-electron chi connectivity index (χ3n) is 2.25. The molecule has 7 heteroatoms. The highest BCUT2D eigenvalue weighted by molar-refractivity contribution is 7.10. The average molecular weight is 280 g/mol. The van der Waals surface area contributed by atoms with E-state index in [-0.39, 0.29) is 6.61 Å². The summed E-state index contributed by atoms with van der Waals surface area (Å²) in [6.45, 7) is 4.38. The zero-order valence-electron chi connectivity index (χ0n) is 9.45. The number of carbonyl (C=O) groups excluding carboxylic acids is 1. The van der Waals surface area contributed by atoms with Gasteiger partial charge in [0.15, 0.2) is 0 Å². The van der Waals surface area contributed by atoms with Crippen LogP contribution in [0.1, 0.15) is 11.8 Å². The maximum Gasteiger partial charge on any atom is 0.426 e. The second-order valence-corrected chi connectivity index (χ2v) is 4.33. The summed E-state index contributed by atoms with van der Waals surface area (Å²) in [7, 11) is 0. The van der Waals surface area contributed by atoms with Crippen molar-refractivity contribution in [3.05, 3.63) is 34.5 Å². The Morgan fingerprint density at radius 1 is 1.56 bits per heavy atom. The molecule has 1 aromatic heterocycles. The summed E-state index contributed by atoms with van der Waals surface area (Å²) in [4.78, 5) is 10.9. The lowest BCUT2D eigenvalue weighted by Crippen LogP contribution is -2.45. The molecule has 1 N–H and O–H groups in total. The maximum atomic E-state index is 13.0. The van der Waals surface area contributed by atoms with Crippen LogP contribution in [0.2, 0.25) is 0 Å². The Hall–Kier alpha value is -1.34. The molecule has 0 aromatic carbocycles. The number of thiophene rings is 1. The molecule has 0 amide bonds. The summed E-state index contributed by atoms with van der Waals surface area (Å²) in [6.07, 6.45) is -5.05. The Morgan fingerprint density at radius 3 is 2.56 bits per heavy atom. The fourth-order valence-corrected chi connectivity index (χ4v) is 2.18. The summed E-state index contributed by atoms with van der Waals surface area (Å²) in [5.74, 6) is -1.27. The van der Waals surface area contributed by atoms with Crippen molar-refractivity contribution in [1.29, 1.82) is 0 Å². The number of carbonyl (C=O) groups is 1. The lowest BCUT2D eigenvalue weighted by atomic mass is 9.92. The number of hydrogen-bond donors (Lipinski definition) is 1. The van der Waals surface area contributed by atoms with Gasteiger partial charge in [0.05, 0.1) is 17.1 Å². The maximum absolute atomic E-state index is 13.0. The van der Waals surface area contributed by atoms with Gasteiger partial charge in [-0.1, -0.05) is 12.6 Å². The minimum absolute atomic E-state index is 0.101. The highest BCUT2D eigenvalue weighted by Crippen LogP contribution is 2.45. The van der Waals surface area contributed by atoms with E-state index < -0.39 is 28.2 Å². The quantitative estimate of drug-likeness (QED) is 0.681. The Morgan fingerprint density at radius 2 is 2.17 bits per heavy atom. The van der Waals surface area contributed by atoms with Crippen LogP contribution in [0.4, 0.5) is 13.2 Å². The molecule has 18 heavy (non-hydrogen) atoms. The molecule has 0 saturated heterocycles. The van der Waals surface area contributed by atoms with Gasteiger partial charge in [-0.15, -0.1) is 11.3 Å². The smallest absolute Gasteiger partial charge is 0.426 e. The predicted molar refractivity (Wildman–Crippen MR) is 60.0 cm³/mol. The predicted octanol–water partition coefficient (Wildman–Crippen LogP) is 2.62. The van der Waals surface area contributed by atoms with Crippen molar-refractivity contribution in [2.45, 2.75) is 18.7 Å². The van der Waals surface area contributed by atoms with Crippen LogP contribution in [0.5, 0.6) is 0 Å². The molecule has 1 heterocycles. The van der Waals surface area contributed by atoms with Crippen molar-refractivity contribution < 1.29 is 27.8 Å². The second-order valence-electron chi connectivity index (χ2n) is 3.38. The summed E-state index contributed by atoms with van der Waals surface area (Å²) in [6, 6.07) is 2.43. The molecule has 0 aliphatic heterocycles. The summed E-state index contributed by atoms with van der Waals surface area (Å²) in [5, 5.41) is 11.2. The fraction of sp³-hybridized carbons (Fsp3) is 0.364. The van der Waals surface area contributed by atoms with Gasteiger partial charge in [-0.2, -0.15) is 13.2 Å². The average Bonchev–Trinajstić information content (AvgIpc) is 2.79. The molecule has 0 radical (unpaired) electrons. The molecule has 0 aliphatic rings. The van der Waals surface area contributed by atoms with Crippen molar-refractivity contribution >= 4 is 17.3 Å². The van der Waals surface area contributed by atoms with Crippen LogP contribution in [0.3, 0.4) is 0 Å². The first-order chi connectivity index (χ1) is 8.25. The Bertz CT molecular complexity index is 439. The normalized spacial score (nSPS) is 14.9. The van der Waals surface area contributed by atoms with Crippen molar-refractivity contribution in [2.24, 2.45) is 0 Å². The van der Waals surface area contributed by atoms with Crippen LogP contribution in [0, 0.1) is 0 Å². The zero-order chi connectivity index (χ0) is 14.0. The van der Waals surface area contributed by atoms with Gasteiger partial charge in [-0.25, -0.2) is 4.79 Å². The SMILES string of the molecule is C=C(C(=O)OCC)C(O)(c1cccs1)C(F)(F)F. The minimum atomic E-state index is -5.05. The molecule has 0 saturated carbocycles. The van der Waals surface area contributed by atoms with E-state index in [9.17, 15) is 23.1 Å². The Kier molecular flexibility index (Phi) is 4.18. The fourth-order valence-electron chi connectivity index (χ4n) is 1.31. The van der Waals surface area contributed by atoms with Crippen LogP contribution >= 0.6 is 11.3 Å². The number of alkyl halides is 3. The van der Waals surface area contributed by atoms with Gasteiger partial charge < -0.3 is 9.84 Å². The van der Waals surface area contributed by atoms with Crippen molar-refractivity contribution in [3.63, 3.8) is 0 Å². The van der Waals surface area contributed by atoms with Gasteiger partial charge in [0, 0.05) is 0 Å². The lowest BCUT2D eigenvalue weighted by molar-refractivity contribution is -0.249. The first-order valence-corrected chi connectivity index (χ1v) is 5.82. The Labute approximate surface area is 106 Å². The lowest BCUT2D eigenvalue weighted by Gasteiger charge is -2.30. The zero-order valence-corrected chi connectivity index (χ0v) is 10.3. The van der Waals surface area contributed by atoms with Gasteiger partial charge in [-0.05, 0) is 18.4 Å². The molecule has 0 bridgehead atoms. The van der Waals surface area contributed by atoms with E-state index in [1.165, 1.54) is 18.4 Å². The third kappa shape index (κ3) is 2.41. The molecule has 0 spiro atoms. The van der Waals surface area contributed by atoms with Gasteiger partial charge in [0.1, 0.15) is 0 Å². The van der Waals surface area contributed by atoms with Crippen LogP contribution in [-0.4, -0.2) is 23.9 Å². The first kappa shape index (κ1) is 14.7. The molecule has 1 aromatic rings. The van der Waals surface area contributed by atoms with E-state index in [0.29, 0.717) is 11.3 Å². The number of hydrogen-bond acceptors (Lipinski definition) is 4. The van der Waals surface area contributed by atoms with E-state index >= 15 is 0 Å². The van der Waals surface area contributed by atoms with Crippen molar-refractivity contribution in [1.82, 2.24) is 0 Å². The van der Waals surface area contributed by atoms with Crippen LogP contribution in [0.15, 0.2) is 29.7 Å². The summed E-state index contributed by atoms with van der Waals surface area (Å²) >= 11 is 0.682. The van der Waals surface area contributed by atoms with E-state index in [1.54, 1.807) is 0 Å². The topological polar surface area (TPSA) is 46.5 Å². The standard InChI is InChI=1S/C11H11F3O3S/c1-3-17-9(15)7(2)10(16,11(12,13)14)8-5-4-6-18-8/h4-6,16H,2-3H2,1H3. The molecule has 1 atom stereocenters. The molecule has 100 valence electrons. The largest absolute Gasteiger partial charge is 0.463 e. The molecule has 1 rings (SSSR count). The van der Waals surface area contributed by atoms with Gasteiger partial charge in [-0.3, -0.25) is 0 Å². The summed E-state index contributed by atoms with van der Waals surface area (Å²) < 4.78 is 43.5. The molecular formula is C11H11F3O3S. The van der Waals surface area contributed by atoms with Crippen LogP contribution in [-0.2, 0) is 15.1 Å². The van der Waals surface area contributed by atoms with Crippen LogP contribution < -0.4 is 0 Å². The second kappa shape index (κ2) is 5.11. The molecular weight excluding hydrogens is 269 g/mol. The number of esters is 1.